The van der Waals surface area contributed by atoms with Crippen molar-refractivity contribution < 1.29 is 4.74 Å². The van der Waals surface area contributed by atoms with E-state index in [1.54, 1.807) is 11.3 Å². The molecule has 1 heterocycles. The van der Waals surface area contributed by atoms with E-state index in [9.17, 15) is 0 Å². The second-order valence-corrected chi connectivity index (χ2v) is 5.97. The zero-order valence-corrected chi connectivity index (χ0v) is 11.4. The fourth-order valence-corrected chi connectivity index (χ4v) is 2.86. The maximum Gasteiger partial charge on any atom is 0.183 e. The number of ether oxygens (including phenoxy) is 1. The minimum Gasteiger partial charge on any atom is -0.379 e. The molecule has 4 heteroatoms. The molecule has 1 N–H and O–H groups in total. The number of thiazole rings is 1. The van der Waals surface area contributed by atoms with Crippen molar-refractivity contribution in [1.29, 1.82) is 0 Å². The summed E-state index contributed by atoms with van der Waals surface area (Å²) < 4.78 is 6.83. The van der Waals surface area contributed by atoms with Crippen LogP contribution in [0.3, 0.4) is 0 Å². The number of fused-ring (bicyclic) bond motifs is 1. The highest BCUT2D eigenvalue weighted by Crippen LogP contribution is 2.29. The fourth-order valence-electron chi connectivity index (χ4n) is 1.87. The van der Waals surface area contributed by atoms with Crippen LogP contribution in [-0.2, 0) is 4.74 Å². The van der Waals surface area contributed by atoms with Crippen molar-refractivity contribution in [1.82, 2.24) is 4.98 Å². The van der Waals surface area contributed by atoms with Gasteiger partial charge in [-0.2, -0.15) is 0 Å². The van der Waals surface area contributed by atoms with Crippen LogP contribution in [0.15, 0.2) is 18.2 Å². The molecule has 1 saturated carbocycles. The number of benzene rings is 1. The first-order valence-corrected chi connectivity index (χ1v) is 7.32. The Morgan fingerprint density at radius 2 is 2.33 bits per heavy atom. The highest BCUT2D eigenvalue weighted by atomic mass is 32.1. The Hall–Kier alpha value is -1.13. The number of hydrogen-bond donors (Lipinski definition) is 1. The highest BCUT2D eigenvalue weighted by Gasteiger charge is 2.20. The molecule has 0 atom stereocenters. The molecule has 0 saturated heterocycles. The van der Waals surface area contributed by atoms with Gasteiger partial charge in [-0.15, -0.1) is 0 Å². The Labute approximate surface area is 111 Å². The van der Waals surface area contributed by atoms with Gasteiger partial charge in [0.1, 0.15) is 0 Å². The molecule has 1 fully saturated rings. The first-order chi connectivity index (χ1) is 8.81. The van der Waals surface area contributed by atoms with Crippen molar-refractivity contribution in [2.24, 2.45) is 5.92 Å². The largest absolute Gasteiger partial charge is 0.379 e. The Morgan fingerprint density at radius 1 is 1.44 bits per heavy atom. The predicted octanol–water partition coefficient (Wildman–Crippen LogP) is 3.44. The van der Waals surface area contributed by atoms with E-state index in [4.69, 9.17) is 4.74 Å². The zero-order chi connectivity index (χ0) is 12.4. The number of anilines is 1. The van der Waals surface area contributed by atoms with Gasteiger partial charge in [0.2, 0.25) is 0 Å². The number of aryl methyl sites for hydroxylation is 1. The molecule has 3 rings (SSSR count). The SMILES string of the molecule is Cc1ccc2nc(NCCOCC3CC3)sc2c1. The minimum atomic E-state index is 0.769. The molecule has 1 aromatic carbocycles. The molecule has 0 aliphatic heterocycles. The van der Waals surface area contributed by atoms with E-state index in [0.717, 1.165) is 36.3 Å². The van der Waals surface area contributed by atoms with Crippen LogP contribution >= 0.6 is 11.3 Å². The summed E-state index contributed by atoms with van der Waals surface area (Å²) in [5.74, 6) is 0.843. The molecule has 2 aromatic rings. The Bertz CT molecular complexity index is 534. The summed E-state index contributed by atoms with van der Waals surface area (Å²) in [7, 11) is 0. The van der Waals surface area contributed by atoms with Gasteiger partial charge in [-0.3, -0.25) is 0 Å². The second kappa shape index (κ2) is 5.24. The lowest BCUT2D eigenvalue weighted by atomic mass is 10.2. The third-order valence-corrected chi connectivity index (χ3v) is 4.09. The van der Waals surface area contributed by atoms with Gasteiger partial charge in [-0.05, 0) is 43.4 Å². The summed E-state index contributed by atoms with van der Waals surface area (Å²) in [6, 6.07) is 6.36. The topological polar surface area (TPSA) is 34.2 Å². The minimum absolute atomic E-state index is 0.769. The van der Waals surface area contributed by atoms with Crippen LogP contribution in [0.1, 0.15) is 18.4 Å². The standard InChI is InChI=1S/C14H18N2OS/c1-10-2-5-12-13(8-10)18-14(16-12)15-6-7-17-9-11-3-4-11/h2,5,8,11H,3-4,6-7,9H2,1H3,(H,15,16). The molecule has 0 radical (unpaired) electrons. The Kier molecular flexibility index (Phi) is 3.48. The van der Waals surface area contributed by atoms with Crippen LogP contribution in [0.5, 0.6) is 0 Å². The molecule has 0 amide bonds. The zero-order valence-electron chi connectivity index (χ0n) is 10.6. The molecule has 1 aliphatic rings. The molecule has 3 nitrogen and oxygen atoms in total. The lowest BCUT2D eigenvalue weighted by molar-refractivity contribution is 0.134. The lowest BCUT2D eigenvalue weighted by Crippen LogP contribution is -2.10. The van der Waals surface area contributed by atoms with E-state index in [-0.39, 0.29) is 0 Å². The molecule has 0 bridgehead atoms. The predicted molar refractivity (Wildman–Crippen MR) is 76.4 cm³/mol. The van der Waals surface area contributed by atoms with Crippen molar-refractivity contribution in [2.45, 2.75) is 19.8 Å². The summed E-state index contributed by atoms with van der Waals surface area (Å²) in [6.45, 7) is 4.65. The number of nitrogens with one attached hydrogen (secondary N) is 1. The van der Waals surface area contributed by atoms with Gasteiger partial charge in [0.25, 0.3) is 0 Å². The van der Waals surface area contributed by atoms with E-state index in [2.05, 4.69) is 35.4 Å². The molecular weight excluding hydrogens is 244 g/mol. The first-order valence-electron chi connectivity index (χ1n) is 6.50. The van der Waals surface area contributed by atoms with Crippen molar-refractivity contribution >= 4 is 26.7 Å². The average molecular weight is 262 g/mol. The smallest absolute Gasteiger partial charge is 0.183 e. The molecule has 0 spiro atoms. The van der Waals surface area contributed by atoms with Crippen molar-refractivity contribution in [2.75, 3.05) is 25.1 Å². The number of rotatable bonds is 6. The van der Waals surface area contributed by atoms with Gasteiger partial charge in [0, 0.05) is 13.2 Å². The quantitative estimate of drug-likeness (QED) is 0.810. The van der Waals surface area contributed by atoms with Crippen LogP contribution in [0.4, 0.5) is 5.13 Å². The summed E-state index contributed by atoms with van der Waals surface area (Å²) in [5, 5.41) is 4.32. The summed E-state index contributed by atoms with van der Waals surface area (Å²) >= 11 is 1.71. The molecule has 1 aliphatic carbocycles. The summed E-state index contributed by atoms with van der Waals surface area (Å²) in [6.07, 6.45) is 2.70. The van der Waals surface area contributed by atoms with Crippen LogP contribution in [0.2, 0.25) is 0 Å². The molecular formula is C14H18N2OS. The van der Waals surface area contributed by atoms with E-state index in [1.807, 2.05) is 0 Å². The third kappa shape index (κ3) is 3.00. The lowest BCUT2D eigenvalue weighted by Gasteiger charge is -2.03. The van der Waals surface area contributed by atoms with Crippen LogP contribution in [0.25, 0.3) is 10.2 Å². The van der Waals surface area contributed by atoms with Crippen LogP contribution < -0.4 is 5.32 Å². The van der Waals surface area contributed by atoms with Crippen LogP contribution in [-0.4, -0.2) is 24.7 Å². The molecule has 1 aromatic heterocycles. The monoisotopic (exact) mass is 262 g/mol. The van der Waals surface area contributed by atoms with Crippen molar-refractivity contribution in [3.63, 3.8) is 0 Å². The number of aromatic nitrogens is 1. The van der Waals surface area contributed by atoms with E-state index in [1.165, 1.54) is 23.1 Å². The van der Waals surface area contributed by atoms with Gasteiger partial charge in [0.05, 0.1) is 16.8 Å². The molecule has 96 valence electrons. The van der Waals surface area contributed by atoms with Gasteiger partial charge >= 0.3 is 0 Å². The average Bonchev–Trinajstić information content (AvgIpc) is 3.08. The number of nitrogens with zero attached hydrogens (tertiary/aromatic N) is 1. The van der Waals surface area contributed by atoms with E-state index >= 15 is 0 Å². The van der Waals surface area contributed by atoms with Crippen molar-refractivity contribution in [3.8, 4) is 0 Å². The van der Waals surface area contributed by atoms with Gasteiger partial charge in [-0.25, -0.2) is 4.98 Å². The number of hydrogen-bond acceptors (Lipinski definition) is 4. The van der Waals surface area contributed by atoms with Gasteiger partial charge in [0.15, 0.2) is 5.13 Å². The molecule has 0 unspecified atom stereocenters. The van der Waals surface area contributed by atoms with Crippen LogP contribution in [0, 0.1) is 12.8 Å². The van der Waals surface area contributed by atoms with E-state index in [0.29, 0.717) is 0 Å². The highest BCUT2D eigenvalue weighted by molar-refractivity contribution is 7.22. The molecule has 18 heavy (non-hydrogen) atoms. The Morgan fingerprint density at radius 3 is 3.17 bits per heavy atom. The van der Waals surface area contributed by atoms with E-state index < -0.39 is 0 Å². The normalized spacial score (nSPS) is 15.2. The fraction of sp³-hybridized carbons (Fsp3) is 0.500. The maximum absolute atomic E-state index is 5.59. The van der Waals surface area contributed by atoms with Gasteiger partial charge < -0.3 is 10.1 Å². The first kappa shape index (κ1) is 11.9. The van der Waals surface area contributed by atoms with Crippen molar-refractivity contribution in [3.05, 3.63) is 23.8 Å². The maximum atomic E-state index is 5.59. The van der Waals surface area contributed by atoms with Gasteiger partial charge in [-0.1, -0.05) is 17.4 Å². The third-order valence-electron chi connectivity index (χ3n) is 3.12. The second-order valence-electron chi connectivity index (χ2n) is 4.94. The summed E-state index contributed by atoms with van der Waals surface area (Å²) in [4.78, 5) is 4.55. The summed E-state index contributed by atoms with van der Waals surface area (Å²) in [5.41, 5.74) is 2.36. The Balaban J connectivity index is 1.50.